The first-order valence-electron chi connectivity index (χ1n) is 13.8. The zero-order valence-electron chi connectivity index (χ0n) is 23.7. The van der Waals surface area contributed by atoms with Crippen molar-refractivity contribution in [2.45, 2.75) is 33.0 Å². The van der Waals surface area contributed by atoms with E-state index in [-0.39, 0.29) is 48.1 Å². The average molecular weight is 628 g/mol. The lowest BCUT2D eigenvalue weighted by Gasteiger charge is -2.31. The van der Waals surface area contributed by atoms with E-state index in [0.717, 1.165) is 22.7 Å². The second kappa shape index (κ2) is 14.1. The summed E-state index contributed by atoms with van der Waals surface area (Å²) < 4.78 is 46.7. The number of carbonyl (C=O) groups excluding carboxylic acids is 2. The van der Waals surface area contributed by atoms with Crippen LogP contribution in [-0.2, 0) is 33.5 Å². The van der Waals surface area contributed by atoms with Gasteiger partial charge in [-0.1, -0.05) is 18.5 Å². The molecule has 3 heterocycles. The standard InChI is InChI=1S/C26H33ClF3N9O4/c1-3-19-22(37-11-9-31-10-12-37)23(42)39-25(35-24(36-39)33-8-7-32-14-21(41)43-4-2)38(19)15-20(40)34-18-6-5-16(13-17(18)27)26(28,29)30/h5-6,13,31-32H,3-4,7-12,14-15H2,1-2H3,(H,33,36)(H,34,40). The zero-order valence-corrected chi connectivity index (χ0v) is 24.4. The third-order valence-corrected chi connectivity index (χ3v) is 6.94. The van der Waals surface area contributed by atoms with Gasteiger partial charge in [0.2, 0.25) is 17.6 Å². The molecule has 1 aliphatic heterocycles. The summed E-state index contributed by atoms with van der Waals surface area (Å²) >= 11 is 6.05. The molecule has 2 aromatic heterocycles. The number of piperazine rings is 1. The lowest BCUT2D eigenvalue weighted by atomic mass is 10.2. The van der Waals surface area contributed by atoms with Gasteiger partial charge in [0.25, 0.3) is 5.56 Å². The van der Waals surface area contributed by atoms with Crippen molar-refractivity contribution in [3.8, 4) is 0 Å². The summed E-state index contributed by atoms with van der Waals surface area (Å²) in [6.45, 7) is 6.72. The number of nitrogens with one attached hydrogen (secondary N) is 4. The molecular weight excluding hydrogens is 595 g/mol. The lowest BCUT2D eigenvalue weighted by Crippen LogP contribution is -2.47. The van der Waals surface area contributed by atoms with E-state index in [0.29, 0.717) is 57.1 Å². The minimum atomic E-state index is -4.58. The molecule has 1 fully saturated rings. The Morgan fingerprint density at radius 3 is 2.56 bits per heavy atom. The van der Waals surface area contributed by atoms with Gasteiger partial charge in [-0.15, -0.1) is 5.10 Å². The predicted octanol–water partition coefficient (Wildman–Crippen LogP) is 1.74. The van der Waals surface area contributed by atoms with Crippen LogP contribution in [0.15, 0.2) is 23.0 Å². The van der Waals surface area contributed by atoms with Crippen molar-refractivity contribution < 1.29 is 27.5 Å². The monoisotopic (exact) mass is 627 g/mol. The molecule has 4 N–H and O–H groups in total. The van der Waals surface area contributed by atoms with Crippen LogP contribution < -0.4 is 31.7 Å². The van der Waals surface area contributed by atoms with Crippen molar-refractivity contribution in [1.82, 2.24) is 29.8 Å². The van der Waals surface area contributed by atoms with E-state index in [2.05, 4.69) is 31.3 Å². The summed E-state index contributed by atoms with van der Waals surface area (Å²) in [7, 11) is 0. The number of carbonyl (C=O) groups is 2. The number of alkyl halides is 3. The van der Waals surface area contributed by atoms with Gasteiger partial charge in [-0.2, -0.15) is 22.7 Å². The number of anilines is 3. The number of halogens is 4. The van der Waals surface area contributed by atoms with E-state index in [1.165, 1.54) is 0 Å². The van der Waals surface area contributed by atoms with Crippen LogP contribution in [0.3, 0.4) is 0 Å². The van der Waals surface area contributed by atoms with Crippen molar-refractivity contribution in [2.75, 3.05) is 68.0 Å². The molecule has 0 aliphatic carbocycles. The molecule has 1 amide bonds. The van der Waals surface area contributed by atoms with E-state index < -0.39 is 23.2 Å². The molecule has 0 unspecified atom stereocenters. The van der Waals surface area contributed by atoms with E-state index >= 15 is 0 Å². The summed E-state index contributed by atoms with van der Waals surface area (Å²) in [6.07, 6.45) is -4.20. The first kappa shape index (κ1) is 32.0. The van der Waals surface area contributed by atoms with E-state index in [1.54, 1.807) is 11.5 Å². The number of benzene rings is 1. The number of aromatic nitrogens is 4. The van der Waals surface area contributed by atoms with Gasteiger partial charge in [0.1, 0.15) is 12.2 Å². The van der Waals surface area contributed by atoms with Gasteiger partial charge >= 0.3 is 12.1 Å². The van der Waals surface area contributed by atoms with Crippen molar-refractivity contribution in [3.05, 3.63) is 44.8 Å². The molecule has 4 rings (SSSR count). The minimum absolute atomic E-state index is 0.0104. The number of esters is 1. The molecule has 0 spiro atoms. The molecule has 234 valence electrons. The van der Waals surface area contributed by atoms with Crippen LogP contribution in [0.2, 0.25) is 5.02 Å². The SMILES string of the molecule is CCOC(=O)CNCCNc1nc2n(CC(=O)Nc3ccc(C(F)(F)F)cc3Cl)c(CC)c(N3CCNCC3)c(=O)n2n1. The Morgan fingerprint density at radius 1 is 1.16 bits per heavy atom. The van der Waals surface area contributed by atoms with Gasteiger partial charge in [0.15, 0.2) is 0 Å². The molecular formula is C26H33ClF3N9O4. The van der Waals surface area contributed by atoms with Crippen LogP contribution >= 0.6 is 11.6 Å². The topological polar surface area (TPSA) is 147 Å². The first-order chi connectivity index (χ1) is 20.5. The molecule has 1 aliphatic rings. The smallest absolute Gasteiger partial charge is 0.416 e. The van der Waals surface area contributed by atoms with Crippen molar-refractivity contribution in [1.29, 1.82) is 0 Å². The van der Waals surface area contributed by atoms with Gasteiger partial charge in [0.05, 0.1) is 35.1 Å². The van der Waals surface area contributed by atoms with Crippen LogP contribution in [0, 0.1) is 0 Å². The van der Waals surface area contributed by atoms with Gasteiger partial charge in [0, 0.05) is 39.3 Å². The van der Waals surface area contributed by atoms with Crippen molar-refractivity contribution in [3.63, 3.8) is 0 Å². The number of fused-ring (bicyclic) bond motifs is 1. The zero-order chi connectivity index (χ0) is 31.1. The third-order valence-electron chi connectivity index (χ3n) is 6.63. The third kappa shape index (κ3) is 7.74. The molecule has 0 radical (unpaired) electrons. The Kier molecular flexibility index (Phi) is 10.5. The highest BCUT2D eigenvalue weighted by molar-refractivity contribution is 6.33. The summed E-state index contributed by atoms with van der Waals surface area (Å²) in [5.41, 5.74) is -0.368. The largest absolute Gasteiger partial charge is 0.465 e. The quantitative estimate of drug-likeness (QED) is 0.173. The fourth-order valence-corrected chi connectivity index (χ4v) is 4.91. The Bertz CT molecular complexity index is 1520. The number of amides is 1. The Morgan fingerprint density at radius 2 is 1.91 bits per heavy atom. The van der Waals surface area contributed by atoms with Crippen molar-refractivity contribution in [2.24, 2.45) is 0 Å². The van der Waals surface area contributed by atoms with Gasteiger partial charge in [-0.3, -0.25) is 14.4 Å². The van der Waals surface area contributed by atoms with Crippen LogP contribution in [0.1, 0.15) is 25.1 Å². The van der Waals surface area contributed by atoms with Gasteiger partial charge in [-0.05, 0) is 31.5 Å². The van der Waals surface area contributed by atoms with Crippen LogP contribution in [-0.4, -0.2) is 83.5 Å². The summed E-state index contributed by atoms with van der Waals surface area (Å²) in [4.78, 5) is 44.8. The molecule has 43 heavy (non-hydrogen) atoms. The van der Waals surface area contributed by atoms with Crippen LogP contribution in [0.4, 0.5) is 30.5 Å². The highest BCUT2D eigenvalue weighted by atomic mass is 35.5. The molecule has 0 bridgehead atoms. The molecule has 0 saturated carbocycles. The molecule has 0 atom stereocenters. The fourth-order valence-electron chi connectivity index (χ4n) is 4.68. The van der Waals surface area contributed by atoms with Gasteiger partial charge in [-0.25, -0.2) is 0 Å². The number of hydrogen-bond acceptors (Lipinski definition) is 10. The van der Waals surface area contributed by atoms with E-state index in [9.17, 15) is 27.6 Å². The predicted molar refractivity (Wildman–Crippen MR) is 155 cm³/mol. The highest BCUT2D eigenvalue weighted by Crippen LogP contribution is 2.33. The highest BCUT2D eigenvalue weighted by Gasteiger charge is 2.31. The van der Waals surface area contributed by atoms with E-state index in [1.807, 2.05) is 11.8 Å². The first-order valence-corrected chi connectivity index (χ1v) is 14.2. The maximum Gasteiger partial charge on any atom is 0.416 e. The van der Waals surface area contributed by atoms with Crippen LogP contribution in [0.25, 0.3) is 5.78 Å². The summed E-state index contributed by atoms with van der Waals surface area (Å²) in [6, 6.07) is 2.66. The molecule has 13 nitrogen and oxygen atoms in total. The van der Waals surface area contributed by atoms with E-state index in [4.69, 9.17) is 16.3 Å². The number of ether oxygens (including phenoxy) is 1. The normalized spacial score (nSPS) is 13.8. The number of nitrogens with zero attached hydrogens (tertiary/aromatic N) is 5. The number of hydrogen-bond donors (Lipinski definition) is 4. The summed E-state index contributed by atoms with van der Waals surface area (Å²) in [5, 5.41) is 15.8. The Hall–Kier alpha value is -3.89. The fraction of sp³-hybridized carbons (Fsp3) is 0.500. The average Bonchev–Trinajstić information content (AvgIpc) is 3.40. The van der Waals surface area contributed by atoms with Crippen molar-refractivity contribution >= 4 is 46.6 Å². The molecule has 1 aromatic carbocycles. The molecule has 17 heteroatoms. The Labute approximate surface area is 249 Å². The maximum atomic E-state index is 13.7. The maximum absolute atomic E-state index is 13.7. The van der Waals surface area contributed by atoms with Gasteiger partial charge < -0.3 is 35.5 Å². The molecule has 3 aromatic rings. The second-order valence-corrected chi connectivity index (χ2v) is 9.98. The second-order valence-electron chi connectivity index (χ2n) is 9.57. The molecule has 1 saturated heterocycles. The van der Waals surface area contributed by atoms with Crippen LogP contribution in [0.5, 0.6) is 0 Å². The Balaban J connectivity index is 1.63. The summed E-state index contributed by atoms with van der Waals surface area (Å²) in [5.74, 6) is -0.728. The minimum Gasteiger partial charge on any atom is -0.465 e. The number of rotatable bonds is 12. The lowest BCUT2D eigenvalue weighted by molar-refractivity contribution is -0.142.